The first-order valence-electron chi connectivity index (χ1n) is 5.29. The van der Waals surface area contributed by atoms with E-state index >= 15 is 0 Å². The number of oxime groups is 1. The van der Waals surface area contributed by atoms with Crippen LogP contribution in [0, 0.1) is 0 Å². The van der Waals surface area contributed by atoms with Crippen molar-refractivity contribution in [3.8, 4) is 0 Å². The minimum absolute atomic E-state index is 0.445. The molecule has 0 fully saturated rings. The second-order valence-electron chi connectivity index (χ2n) is 3.55. The van der Waals surface area contributed by atoms with Gasteiger partial charge in [-0.3, -0.25) is 0 Å². The molecule has 2 rings (SSSR count). The second-order valence-corrected chi connectivity index (χ2v) is 3.98. The molecule has 0 aliphatic heterocycles. The van der Waals surface area contributed by atoms with Crippen LogP contribution in [0.15, 0.2) is 59.8 Å². The highest BCUT2D eigenvalue weighted by Gasteiger charge is 1.92. The zero-order valence-electron chi connectivity index (χ0n) is 9.21. The van der Waals surface area contributed by atoms with Crippen LogP contribution in [-0.2, 0) is 11.4 Å². The Kier molecular flexibility index (Phi) is 4.17. The van der Waals surface area contributed by atoms with Crippen molar-refractivity contribution in [2.24, 2.45) is 5.16 Å². The van der Waals surface area contributed by atoms with Crippen LogP contribution in [0.25, 0.3) is 0 Å². The molecule has 0 atom stereocenters. The summed E-state index contributed by atoms with van der Waals surface area (Å²) in [6.45, 7) is 0.445. The van der Waals surface area contributed by atoms with Gasteiger partial charge in [-0.15, -0.1) is 0 Å². The Balaban J connectivity index is 1.84. The van der Waals surface area contributed by atoms with Gasteiger partial charge in [0.05, 0.1) is 6.21 Å². The fraction of sp³-hybridized carbons (Fsp3) is 0.0714. The van der Waals surface area contributed by atoms with Gasteiger partial charge in [0.15, 0.2) is 0 Å². The number of benzene rings is 2. The average molecular weight is 246 g/mol. The predicted octanol–water partition coefficient (Wildman–Crippen LogP) is 3.89. The van der Waals surface area contributed by atoms with Crippen molar-refractivity contribution >= 4 is 17.8 Å². The van der Waals surface area contributed by atoms with Gasteiger partial charge in [0.1, 0.15) is 6.61 Å². The van der Waals surface area contributed by atoms with E-state index in [4.69, 9.17) is 16.4 Å². The van der Waals surface area contributed by atoms with E-state index in [2.05, 4.69) is 5.16 Å². The van der Waals surface area contributed by atoms with Gasteiger partial charge in [-0.25, -0.2) is 0 Å². The summed E-state index contributed by atoms with van der Waals surface area (Å²) >= 11 is 5.78. The summed E-state index contributed by atoms with van der Waals surface area (Å²) in [5.74, 6) is 0. The first-order valence-corrected chi connectivity index (χ1v) is 5.67. The third kappa shape index (κ3) is 3.93. The van der Waals surface area contributed by atoms with Crippen molar-refractivity contribution in [1.82, 2.24) is 0 Å². The van der Waals surface area contributed by atoms with Gasteiger partial charge in [-0.2, -0.15) is 0 Å². The van der Waals surface area contributed by atoms with Gasteiger partial charge >= 0.3 is 0 Å². The zero-order chi connectivity index (χ0) is 11.9. The number of nitrogens with zero attached hydrogens (tertiary/aromatic N) is 1. The molecular formula is C14H12ClNO. The van der Waals surface area contributed by atoms with Crippen LogP contribution in [-0.4, -0.2) is 6.21 Å². The van der Waals surface area contributed by atoms with E-state index in [0.29, 0.717) is 6.61 Å². The molecule has 0 spiro atoms. The standard InChI is InChI=1S/C14H12ClNO/c15-14-8-6-13(7-9-14)11-17-16-10-12-4-2-1-3-5-12/h1-10H,11H2/b16-10+. The molecule has 0 radical (unpaired) electrons. The summed E-state index contributed by atoms with van der Waals surface area (Å²) in [7, 11) is 0. The Hall–Kier alpha value is -1.80. The van der Waals surface area contributed by atoms with Crippen molar-refractivity contribution in [3.63, 3.8) is 0 Å². The number of halogens is 1. The molecule has 0 heterocycles. The summed E-state index contributed by atoms with van der Waals surface area (Å²) in [5.41, 5.74) is 2.06. The van der Waals surface area contributed by atoms with Gasteiger partial charge < -0.3 is 4.84 Å². The van der Waals surface area contributed by atoms with E-state index < -0.39 is 0 Å². The molecule has 0 saturated carbocycles. The monoisotopic (exact) mass is 245 g/mol. The highest BCUT2D eigenvalue weighted by atomic mass is 35.5. The highest BCUT2D eigenvalue weighted by molar-refractivity contribution is 6.30. The third-order valence-electron chi connectivity index (χ3n) is 2.22. The lowest BCUT2D eigenvalue weighted by molar-refractivity contribution is 0.132. The molecule has 0 saturated heterocycles. The number of hydrogen-bond acceptors (Lipinski definition) is 2. The Morgan fingerprint density at radius 1 is 1.00 bits per heavy atom. The molecular weight excluding hydrogens is 234 g/mol. The van der Waals surface area contributed by atoms with E-state index in [1.54, 1.807) is 6.21 Å². The first kappa shape index (κ1) is 11.7. The largest absolute Gasteiger partial charge is 0.391 e. The Bertz CT molecular complexity index is 479. The summed E-state index contributed by atoms with van der Waals surface area (Å²) in [6.07, 6.45) is 1.69. The Labute approximate surface area is 105 Å². The maximum absolute atomic E-state index is 5.78. The molecule has 0 aliphatic rings. The lowest BCUT2D eigenvalue weighted by Crippen LogP contribution is -1.87. The van der Waals surface area contributed by atoms with Gasteiger partial charge in [-0.1, -0.05) is 59.2 Å². The number of rotatable bonds is 4. The van der Waals surface area contributed by atoms with Crippen LogP contribution in [0.2, 0.25) is 5.02 Å². The molecule has 0 unspecified atom stereocenters. The van der Waals surface area contributed by atoms with Crippen molar-refractivity contribution < 1.29 is 4.84 Å². The lowest BCUT2D eigenvalue weighted by Gasteiger charge is -1.99. The molecule has 0 N–H and O–H groups in total. The molecule has 17 heavy (non-hydrogen) atoms. The van der Waals surface area contributed by atoms with Crippen molar-refractivity contribution in [3.05, 3.63) is 70.7 Å². The zero-order valence-corrected chi connectivity index (χ0v) is 9.97. The quantitative estimate of drug-likeness (QED) is 0.592. The second kappa shape index (κ2) is 6.06. The number of hydrogen-bond donors (Lipinski definition) is 0. The minimum atomic E-state index is 0.445. The predicted molar refractivity (Wildman–Crippen MR) is 70.3 cm³/mol. The maximum Gasteiger partial charge on any atom is 0.142 e. The van der Waals surface area contributed by atoms with Crippen molar-refractivity contribution in [2.75, 3.05) is 0 Å². The van der Waals surface area contributed by atoms with E-state index in [1.165, 1.54) is 0 Å². The van der Waals surface area contributed by atoms with Gasteiger partial charge in [0.25, 0.3) is 0 Å². The lowest BCUT2D eigenvalue weighted by atomic mass is 10.2. The van der Waals surface area contributed by atoms with Crippen LogP contribution in [0.4, 0.5) is 0 Å². The van der Waals surface area contributed by atoms with E-state index in [9.17, 15) is 0 Å². The van der Waals surface area contributed by atoms with Crippen LogP contribution >= 0.6 is 11.6 Å². The normalized spacial score (nSPS) is 10.6. The van der Waals surface area contributed by atoms with E-state index in [0.717, 1.165) is 16.1 Å². The molecule has 0 amide bonds. The van der Waals surface area contributed by atoms with Crippen molar-refractivity contribution in [2.45, 2.75) is 6.61 Å². The highest BCUT2D eigenvalue weighted by Crippen LogP contribution is 2.10. The van der Waals surface area contributed by atoms with Crippen LogP contribution in [0.5, 0.6) is 0 Å². The molecule has 0 aromatic heterocycles. The Morgan fingerprint density at radius 3 is 2.41 bits per heavy atom. The fourth-order valence-corrected chi connectivity index (χ4v) is 1.46. The Morgan fingerprint density at radius 2 is 1.71 bits per heavy atom. The van der Waals surface area contributed by atoms with Crippen LogP contribution in [0.1, 0.15) is 11.1 Å². The van der Waals surface area contributed by atoms with Crippen molar-refractivity contribution in [1.29, 1.82) is 0 Å². The minimum Gasteiger partial charge on any atom is -0.391 e. The van der Waals surface area contributed by atoms with Crippen LogP contribution in [0.3, 0.4) is 0 Å². The summed E-state index contributed by atoms with van der Waals surface area (Å²) in [6, 6.07) is 17.3. The molecule has 2 nitrogen and oxygen atoms in total. The van der Waals surface area contributed by atoms with E-state index in [-0.39, 0.29) is 0 Å². The SMILES string of the molecule is Clc1ccc(CO/N=C/c2ccccc2)cc1. The van der Waals surface area contributed by atoms with Crippen LogP contribution < -0.4 is 0 Å². The third-order valence-corrected chi connectivity index (χ3v) is 2.47. The van der Waals surface area contributed by atoms with E-state index in [1.807, 2.05) is 54.6 Å². The summed E-state index contributed by atoms with van der Waals surface area (Å²) in [4.78, 5) is 5.19. The molecule has 0 bridgehead atoms. The fourth-order valence-electron chi connectivity index (χ4n) is 1.33. The van der Waals surface area contributed by atoms with Gasteiger partial charge in [-0.05, 0) is 23.3 Å². The average Bonchev–Trinajstić information content (AvgIpc) is 2.38. The smallest absolute Gasteiger partial charge is 0.142 e. The molecule has 86 valence electrons. The maximum atomic E-state index is 5.78. The topological polar surface area (TPSA) is 21.6 Å². The van der Waals surface area contributed by atoms with Gasteiger partial charge in [0, 0.05) is 5.02 Å². The molecule has 3 heteroatoms. The molecule has 2 aromatic rings. The van der Waals surface area contributed by atoms with Gasteiger partial charge in [0.2, 0.25) is 0 Å². The summed E-state index contributed by atoms with van der Waals surface area (Å²) < 4.78 is 0. The summed E-state index contributed by atoms with van der Waals surface area (Å²) in [5, 5.41) is 4.62. The molecule has 0 aliphatic carbocycles. The molecule has 2 aromatic carbocycles. The first-order chi connectivity index (χ1) is 8.34.